The van der Waals surface area contributed by atoms with Gasteiger partial charge in [0.1, 0.15) is 17.4 Å². The number of aromatic nitrogens is 2. The molecular weight excluding hydrogens is 520 g/mol. The predicted molar refractivity (Wildman–Crippen MR) is 135 cm³/mol. The largest absolute Gasteiger partial charge is 0.465 e. The van der Waals surface area contributed by atoms with Gasteiger partial charge in [0.25, 0.3) is 10.0 Å². The van der Waals surface area contributed by atoms with Crippen molar-refractivity contribution in [3.63, 3.8) is 0 Å². The van der Waals surface area contributed by atoms with E-state index in [4.69, 9.17) is 0 Å². The highest BCUT2D eigenvalue weighted by Crippen LogP contribution is 2.41. The molecule has 1 fully saturated rings. The van der Waals surface area contributed by atoms with E-state index in [9.17, 15) is 27.5 Å². The van der Waals surface area contributed by atoms with Crippen molar-refractivity contribution in [1.29, 1.82) is 0 Å². The van der Waals surface area contributed by atoms with Gasteiger partial charge in [-0.2, -0.15) is 9.19 Å². The van der Waals surface area contributed by atoms with Crippen molar-refractivity contribution in [1.82, 2.24) is 23.9 Å². The molecule has 0 unspecified atom stereocenters. The van der Waals surface area contributed by atoms with Crippen LogP contribution in [0.15, 0.2) is 24.4 Å². The quantitative estimate of drug-likeness (QED) is 0.581. The van der Waals surface area contributed by atoms with Gasteiger partial charge in [0.05, 0.1) is 30.6 Å². The maximum absolute atomic E-state index is 15.2. The molecule has 1 amide bonds. The standard InChI is InChI=1S/C25H33F2N5O5S/c1-15(33)10-30-13-18(29-11-16-12-31(38(5,36)37)28-21(16)14-29)9-22(32(24(34)35)25(2,3)4)23(30)19-8-17(26)6-7-20(19)27/h6-8,12,18,22-23H,9-11,13-14H2,1-5H3,(H,34,35)/t18-,22+,23+/m1/s1. The molecule has 13 heteroatoms. The first-order chi connectivity index (χ1) is 17.6. The Morgan fingerprint density at radius 1 is 1.21 bits per heavy atom. The van der Waals surface area contributed by atoms with Crippen molar-refractivity contribution in [3.05, 3.63) is 52.9 Å². The molecule has 4 rings (SSSR count). The summed E-state index contributed by atoms with van der Waals surface area (Å²) in [5.41, 5.74) is 0.467. The molecule has 0 spiro atoms. The Labute approximate surface area is 220 Å². The number of benzene rings is 1. The Kier molecular flexibility index (Phi) is 7.40. The Balaban J connectivity index is 1.76. The first-order valence-electron chi connectivity index (χ1n) is 12.3. The molecule has 0 bridgehead atoms. The van der Waals surface area contributed by atoms with Gasteiger partial charge in [0.15, 0.2) is 0 Å². The lowest BCUT2D eigenvalue weighted by Gasteiger charge is -2.52. The van der Waals surface area contributed by atoms with Crippen molar-refractivity contribution >= 4 is 21.9 Å². The van der Waals surface area contributed by atoms with Crippen molar-refractivity contribution in [2.24, 2.45) is 0 Å². The summed E-state index contributed by atoms with van der Waals surface area (Å²) in [5.74, 6) is -1.53. The highest BCUT2D eigenvalue weighted by Gasteiger charge is 2.48. The third kappa shape index (κ3) is 5.59. The first kappa shape index (κ1) is 28.1. The zero-order valence-electron chi connectivity index (χ0n) is 22.1. The number of hydrogen-bond acceptors (Lipinski definition) is 7. The molecule has 3 heterocycles. The first-order valence-corrected chi connectivity index (χ1v) is 14.1. The van der Waals surface area contributed by atoms with E-state index in [2.05, 4.69) is 10.00 Å². The second kappa shape index (κ2) is 10.0. The summed E-state index contributed by atoms with van der Waals surface area (Å²) in [6, 6.07) is 1.11. The van der Waals surface area contributed by atoms with E-state index in [1.54, 1.807) is 25.7 Å². The molecule has 10 nitrogen and oxygen atoms in total. The number of piperidine rings is 1. The minimum Gasteiger partial charge on any atom is -0.465 e. The Morgan fingerprint density at radius 3 is 2.45 bits per heavy atom. The van der Waals surface area contributed by atoms with Crippen LogP contribution in [0.3, 0.4) is 0 Å². The fourth-order valence-corrected chi connectivity index (χ4v) is 6.29. The van der Waals surface area contributed by atoms with Crippen molar-refractivity contribution in [2.45, 2.75) is 70.9 Å². The van der Waals surface area contributed by atoms with Gasteiger partial charge in [-0.3, -0.25) is 19.5 Å². The van der Waals surface area contributed by atoms with Gasteiger partial charge in [-0.25, -0.2) is 22.0 Å². The molecule has 2 aliphatic rings. The Bertz CT molecular complexity index is 1330. The summed E-state index contributed by atoms with van der Waals surface area (Å²) in [7, 11) is -3.53. The van der Waals surface area contributed by atoms with Crippen molar-refractivity contribution < 1.29 is 31.9 Å². The van der Waals surface area contributed by atoms with E-state index in [0.29, 0.717) is 25.3 Å². The third-order valence-electron chi connectivity index (χ3n) is 7.12. The SMILES string of the molecule is CC(=O)CN1C[C@H](N2Cc3cn(S(C)(=O)=O)nc3C2)C[C@H](N(C(=O)O)C(C)(C)C)[C@@H]1c1cc(F)ccc1F. The van der Waals surface area contributed by atoms with Crippen LogP contribution in [0.5, 0.6) is 0 Å². The molecule has 2 aromatic rings. The fraction of sp³-hybridized carbons (Fsp3) is 0.560. The monoisotopic (exact) mass is 553 g/mol. The number of hydrogen-bond donors (Lipinski definition) is 1. The van der Waals surface area contributed by atoms with E-state index >= 15 is 4.39 Å². The van der Waals surface area contributed by atoms with Crippen LogP contribution >= 0.6 is 0 Å². The Hall–Kier alpha value is -2.90. The minimum atomic E-state index is -3.53. The lowest BCUT2D eigenvalue weighted by atomic mass is 9.84. The predicted octanol–water partition coefficient (Wildman–Crippen LogP) is 2.84. The third-order valence-corrected chi connectivity index (χ3v) is 7.98. The average molecular weight is 554 g/mol. The van der Waals surface area contributed by atoms with Gasteiger partial charge in [-0.05, 0) is 52.3 Å². The van der Waals surface area contributed by atoms with Crippen LogP contribution in [0.25, 0.3) is 0 Å². The number of nitrogens with zero attached hydrogens (tertiary/aromatic N) is 5. The number of carbonyl (C=O) groups excluding carboxylic acids is 1. The topological polar surface area (TPSA) is 116 Å². The zero-order chi connectivity index (χ0) is 28.2. The van der Waals surface area contributed by atoms with Gasteiger partial charge in [-0.15, -0.1) is 0 Å². The highest BCUT2D eigenvalue weighted by molar-refractivity contribution is 7.89. The molecule has 1 N–H and O–H groups in total. The lowest BCUT2D eigenvalue weighted by Crippen LogP contribution is -2.63. The van der Waals surface area contributed by atoms with Gasteiger partial charge in [0.2, 0.25) is 0 Å². The molecule has 38 heavy (non-hydrogen) atoms. The lowest BCUT2D eigenvalue weighted by molar-refractivity contribution is -0.120. The number of rotatable bonds is 6. The van der Waals surface area contributed by atoms with Gasteiger partial charge >= 0.3 is 6.09 Å². The van der Waals surface area contributed by atoms with E-state index in [1.165, 1.54) is 18.0 Å². The molecule has 3 atom stereocenters. The molecule has 0 radical (unpaired) electrons. The van der Waals surface area contributed by atoms with Crippen molar-refractivity contribution in [3.8, 4) is 0 Å². The number of fused-ring (bicyclic) bond motifs is 1. The van der Waals surface area contributed by atoms with E-state index < -0.39 is 45.4 Å². The molecule has 0 aliphatic carbocycles. The van der Waals surface area contributed by atoms with Crippen LogP contribution in [-0.4, -0.2) is 86.3 Å². The van der Waals surface area contributed by atoms with E-state index in [1.807, 2.05) is 0 Å². The van der Waals surface area contributed by atoms with Gasteiger partial charge < -0.3 is 5.11 Å². The number of Topliss-reactive ketones (excluding diaryl/α,β-unsaturated/α-hetero) is 1. The molecule has 1 aromatic heterocycles. The number of halogens is 2. The van der Waals surface area contributed by atoms with Crippen LogP contribution in [0, 0.1) is 11.6 Å². The number of amides is 1. The molecule has 0 saturated carbocycles. The summed E-state index contributed by atoms with van der Waals surface area (Å²) >= 11 is 0. The fourth-order valence-electron chi connectivity index (χ4n) is 5.72. The second-order valence-electron chi connectivity index (χ2n) is 11.2. The van der Waals surface area contributed by atoms with Crippen LogP contribution in [0.1, 0.15) is 57.0 Å². The number of carboxylic acid groups (broad SMARTS) is 1. The number of ketones is 1. The van der Waals surface area contributed by atoms with Crippen LogP contribution in [0.2, 0.25) is 0 Å². The molecule has 2 aliphatic heterocycles. The van der Waals surface area contributed by atoms with Crippen LogP contribution in [-0.2, 0) is 27.9 Å². The molecule has 1 aromatic carbocycles. The Morgan fingerprint density at radius 2 is 1.89 bits per heavy atom. The molecule has 208 valence electrons. The molecular formula is C25H33F2N5O5S. The molecule has 1 saturated heterocycles. The summed E-state index contributed by atoms with van der Waals surface area (Å²) in [4.78, 5) is 30.0. The van der Waals surface area contributed by atoms with Gasteiger partial charge in [-0.1, -0.05) is 0 Å². The second-order valence-corrected chi connectivity index (χ2v) is 13.0. The van der Waals surface area contributed by atoms with Gasteiger partial charge in [0, 0.05) is 48.5 Å². The zero-order valence-corrected chi connectivity index (χ0v) is 22.9. The minimum absolute atomic E-state index is 0.000584. The van der Waals surface area contributed by atoms with Crippen molar-refractivity contribution in [2.75, 3.05) is 19.3 Å². The number of carbonyl (C=O) groups is 2. The highest BCUT2D eigenvalue weighted by atomic mass is 32.2. The normalized spacial score (nSPS) is 22.9. The van der Waals surface area contributed by atoms with Crippen LogP contribution in [0.4, 0.5) is 13.6 Å². The maximum Gasteiger partial charge on any atom is 0.408 e. The smallest absolute Gasteiger partial charge is 0.408 e. The van der Waals surface area contributed by atoms with E-state index in [0.717, 1.165) is 34.1 Å². The number of likely N-dealkylation sites (tertiary alicyclic amines) is 1. The van der Waals surface area contributed by atoms with E-state index in [-0.39, 0.29) is 30.4 Å². The maximum atomic E-state index is 15.2. The summed E-state index contributed by atoms with van der Waals surface area (Å²) in [5, 5.41) is 14.5. The summed E-state index contributed by atoms with van der Waals surface area (Å²) < 4.78 is 54.2. The summed E-state index contributed by atoms with van der Waals surface area (Å²) in [6.07, 6.45) is 1.62. The summed E-state index contributed by atoms with van der Waals surface area (Å²) in [6.45, 7) is 7.55. The van der Waals surface area contributed by atoms with Crippen LogP contribution < -0.4 is 0 Å². The average Bonchev–Trinajstić information content (AvgIpc) is 3.33.